The lowest BCUT2D eigenvalue weighted by atomic mass is 9.61. The maximum absolute atomic E-state index is 14.2. The van der Waals surface area contributed by atoms with Gasteiger partial charge >= 0.3 is 5.97 Å². The summed E-state index contributed by atoms with van der Waals surface area (Å²) < 4.78 is 22.8. The average Bonchev–Trinajstić information content (AvgIpc) is 3.68. The van der Waals surface area contributed by atoms with Crippen LogP contribution in [0.1, 0.15) is 55.6 Å². The number of alkyl halides is 1. The summed E-state index contributed by atoms with van der Waals surface area (Å²) in [5, 5.41) is 16.0. The van der Waals surface area contributed by atoms with Crippen LogP contribution in [0.2, 0.25) is 10.0 Å². The first-order valence-electron chi connectivity index (χ1n) is 14.9. The van der Waals surface area contributed by atoms with Crippen LogP contribution in [0.5, 0.6) is 0 Å². The molecular formula is C32H34Cl2FN5O3. The molecule has 0 amide bonds. The minimum atomic E-state index is -1.02. The van der Waals surface area contributed by atoms with Gasteiger partial charge in [0, 0.05) is 35.8 Å². The van der Waals surface area contributed by atoms with Crippen molar-refractivity contribution in [2.24, 2.45) is 5.41 Å². The molecule has 0 bridgehead atoms. The van der Waals surface area contributed by atoms with E-state index in [1.165, 1.54) is 10.2 Å². The molecule has 1 saturated carbocycles. The standard InChI is InChI=1S/C32H34Cl2FN5O3/c1-2-43-31(42)30(29-26-11-21(35)16-39(26)18-36-29)40-17-24-25(33)12-23(27(34)28(24)37-40)20-5-3-19(4-6-20)15-38-9-7-32(8-10-38)13-22(41)14-32/h3-6,12,17-18,21-22,30,41H,2,7-11,13-16H2,1H3/t21-,30-/m1/s1. The molecule has 1 spiro atoms. The minimum Gasteiger partial charge on any atom is -0.464 e. The number of aliphatic hydroxyl groups is 1. The fourth-order valence-corrected chi connectivity index (χ4v) is 7.68. The first kappa shape index (κ1) is 28.8. The Labute approximate surface area is 259 Å². The molecule has 2 aliphatic heterocycles. The van der Waals surface area contributed by atoms with Gasteiger partial charge in [-0.15, -0.1) is 0 Å². The Balaban J connectivity index is 1.15. The Morgan fingerprint density at radius 3 is 2.65 bits per heavy atom. The van der Waals surface area contributed by atoms with Crippen molar-refractivity contribution in [3.8, 4) is 11.1 Å². The first-order chi connectivity index (χ1) is 20.7. The van der Waals surface area contributed by atoms with E-state index in [1.54, 1.807) is 24.0 Å². The van der Waals surface area contributed by atoms with Crippen molar-refractivity contribution in [1.29, 1.82) is 0 Å². The summed E-state index contributed by atoms with van der Waals surface area (Å²) in [5.74, 6) is -0.531. The van der Waals surface area contributed by atoms with E-state index in [0.717, 1.165) is 56.4 Å². The molecule has 3 aliphatic rings. The molecule has 0 radical (unpaired) electrons. The van der Waals surface area contributed by atoms with E-state index in [0.29, 0.717) is 37.8 Å². The van der Waals surface area contributed by atoms with Crippen molar-refractivity contribution in [3.63, 3.8) is 0 Å². The number of hydrogen-bond acceptors (Lipinski definition) is 6. The third-order valence-electron chi connectivity index (χ3n) is 9.45. The van der Waals surface area contributed by atoms with Gasteiger partial charge in [-0.05, 0) is 68.3 Å². The summed E-state index contributed by atoms with van der Waals surface area (Å²) >= 11 is 13.7. The highest BCUT2D eigenvalue weighted by Gasteiger charge is 2.45. The second-order valence-electron chi connectivity index (χ2n) is 12.3. The summed E-state index contributed by atoms with van der Waals surface area (Å²) in [7, 11) is 0. The summed E-state index contributed by atoms with van der Waals surface area (Å²) in [6.45, 7) is 5.12. The number of aromatic nitrogens is 4. The minimum absolute atomic E-state index is 0.103. The molecule has 7 rings (SSSR count). The Morgan fingerprint density at radius 1 is 1.21 bits per heavy atom. The van der Waals surface area contributed by atoms with Gasteiger partial charge < -0.3 is 14.4 Å². The number of hydrogen-bond donors (Lipinski definition) is 1. The number of imidazole rings is 1. The van der Waals surface area contributed by atoms with E-state index < -0.39 is 18.2 Å². The second-order valence-corrected chi connectivity index (χ2v) is 13.1. The summed E-state index contributed by atoms with van der Waals surface area (Å²) in [6, 6.07) is 9.16. The van der Waals surface area contributed by atoms with Gasteiger partial charge in [0.2, 0.25) is 0 Å². The van der Waals surface area contributed by atoms with Gasteiger partial charge in [0.25, 0.3) is 0 Å². The molecule has 2 atom stereocenters. The smallest absolute Gasteiger partial charge is 0.337 e. The summed E-state index contributed by atoms with van der Waals surface area (Å²) in [4.78, 5) is 20.1. The van der Waals surface area contributed by atoms with Gasteiger partial charge in [-0.2, -0.15) is 5.10 Å². The molecule has 1 aliphatic carbocycles. The highest BCUT2D eigenvalue weighted by atomic mass is 35.5. The van der Waals surface area contributed by atoms with Crippen LogP contribution < -0.4 is 0 Å². The molecule has 1 saturated heterocycles. The quantitative estimate of drug-likeness (QED) is 0.254. The zero-order valence-corrected chi connectivity index (χ0v) is 25.5. The number of rotatable bonds is 7. The maximum Gasteiger partial charge on any atom is 0.337 e. The van der Waals surface area contributed by atoms with Crippen molar-refractivity contribution >= 4 is 40.1 Å². The summed E-state index contributed by atoms with van der Waals surface area (Å²) in [5.41, 5.74) is 4.80. The zero-order valence-electron chi connectivity index (χ0n) is 24.0. The van der Waals surface area contributed by atoms with Crippen LogP contribution in [-0.2, 0) is 29.0 Å². The highest BCUT2D eigenvalue weighted by Crippen LogP contribution is 2.49. The molecular weight excluding hydrogens is 592 g/mol. The third kappa shape index (κ3) is 5.24. The predicted octanol–water partition coefficient (Wildman–Crippen LogP) is 5.99. The number of fused-ring (bicyclic) bond motifs is 2. The molecule has 2 aromatic carbocycles. The molecule has 8 nitrogen and oxygen atoms in total. The van der Waals surface area contributed by atoms with Crippen LogP contribution in [0.15, 0.2) is 42.9 Å². The van der Waals surface area contributed by atoms with Gasteiger partial charge in [0.1, 0.15) is 11.7 Å². The fourth-order valence-electron chi connectivity index (χ4n) is 7.13. The molecule has 2 fully saturated rings. The van der Waals surface area contributed by atoms with Crippen molar-refractivity contribution < 1.29 is 19.0 Å². The van der Waals surface area contributed by atoms with Gasteiger partial charge in [-0.25, -0.2) is 14.2 Å². The van der Waals surface area contributed by atoms with E-state index >= 15 is 0 Å². The molecule has 4 heterocycles. The predicted molar refractivity (Wildman–Crippen MR) is 163 cm³/mol. The lowest BCUT2D eigenvalue weighted by molar-refractivity contribution is -0.146. The highest BCUT2D eigenvalue weighted by molar-refractivity contribution is 6.42. The van der Waals surface area contributed by atoms with Crippen LogP contribution in [0.25, 0.3) is 22.0 Å². The normalized spacial score (nSPS) is 20.8. The van der Waals surface area contributed by atoms with Crippen LogP contribution in [0, 0.1) is 5.41 Å². The first-order valence-corrected chi connectivity index (χ1v) is 15.7. The third-order valence-corrected chi connectivity index (χ3v) is 10.1. The zero-order chi connectivity index (χ0) is 29.9. The molecule has 43 heavy (non-hydrogen) atoms. The topological polar surface area (TPSA) is 85.4 Å². The monoisotopic (exact) mass is 625 g/mol. The number of piperidine rings is 1. The number of halogens is 3. The lowest BCUT2D eigenvalue weighted by Crippen LogP contribution is -2.48. The molecule has 226 valence electrons. The number of likely N-dealkylation sites (tertiary alicyclic amines) is 1. The number of aliphatic hydroxyl groups excluding tert-OH is 1. The van der Waals surface area contributed by atoms with Crippen LogP contribution in [0.3, 0.4) is 0 Å². The lowest BCUT2D eigenvalue weighted by Gasteiger charge is -2.50. The van der Waals surface area contributed by atoms with Crippen molar-refractivity contribution in [2.45, 2.75) is 70.4 Å². The average molecular weight is 627 g/mol. The molecule has 2 aromatic heterocycles. The van der Waals surface area contributed by atoms with Gasteiger partial charge in [0.05, 0.1) is 41.3 Å². The van der Waals surface area contributed by atoms with E-state index in [9.17, 15) is 14.3 Å². The van der Waals surface area contributed by atoms with E-state index in [2.05, 4.69) is 22.0 Å². The largest absolute Gasteiger partial charge is 0.464 e. The molecule has 4 aromatic rings. The molecule has 1 N–H and O–H groups in total. The Hall–Kier alpha value is -2.98. The van der Waals surface area contributed by atoms with E-state index in [-0.39, 0.29) is 25.7 Å². The number of carbonyl (C=O) groups is 1. The Morgan fingerprint density at radius 2 is 1.95 bits per heavy atom. The maximum atomic E-state index is 14.2. The Bertz CT molecular complexity index is 1670. The fraction of sp³-hybridized carbons (Fsp3) is 0.469. The number of benzene rings is 2. The van der Waals surface area contributed by atoms with Crippen LogP contribution in [0.4, 0.5) is 4.39 Å². The molecule has 0 unspecified atom stereocenters. The van der Waals surface area contributed by atoms with Gasteiger partial charge in [-0.1, -0.05) is 47.5 Å². The van der Waals surface area contributed by atoms with Crippen LogP contribution in [-0.4, -0.2) is 67.3 Å². The molecule has 11 heteroatoms. The van der Waals surface area contributed by atoms with Gasteiger partial charge in [-0.3, -0.25) is 9.58 Å². The number of carbonyl (C=O) groups excluding carboxylic acids is 1. The SMILES string of the molecule is CCOC(=O)[C@@H](c1ncn2c1C[C@@H](F)C2)n1cc2c(Cl)cc(-c3ccc(CN4CCC5(CC4)CC(O)C5)cc3)c(Cl)c2n1. The van der Waals surface area contributed by atoms with Crippen molar-refractivity contribution in [3.05, 3.63) is 69.9 Å². The van der Waals surface area contributed by atoms with Crippen LogP contribution >= 0.6 is 23.2 Å². The van der Waals surface area contributed by atoms with E-state index in [1.807, 2.05) is 18.2 Å². The number of ether oxygens (including phenoxy) is 1. The van der Waals surface area contributed by atoms with Crippen molar-refractivity contribution in [2.75, 3.05) is 19.7 Å². The van der Waals surface area contributed by atoms with Crippen molar-refractivity contribution in [1.82, 2.24) is 24.2 Å². The summed E-state index contributed by atoms with van der Waals surface area (Å²) in [6.07, 6.45) is 6.50. The second kappa shape index (κ2) is 11.2. The number of esters is 1. The number of nitrogens with zero attached hydrogens (tertiary/aromatic N) is 5. The Kier molecular flexibility index (Phi) is 7.48. The van der Waals surface area contributed by atoms with Gasteiger partial charge in [0.15, 0.2) is 6.04 Å². The van der Waals surface area contributed by atoms with E-state index in [4.69, 9.17) is 33.0 Å².